The predicted octanol–water partition coefficient (Wildman–Crippen LogP) is 1.84. The monoisotopic (exact) mass is 252 g/mol. The molecule has 1 aromatic rings. The molecule has 0 amide bonds. The Bertz CT molecular complexity index is 393. The molecule has 0 aromatic heterocycles. The maximum Gasteiger partial charge on any atom is 0.106 e. The van der Waals surface area contributed by atoms with Crippen LogP contribution in [-0.2, 0) is 0 Å². The van der Waals surface area contributed by atoms with E-state index >= 15 is 0 Å². The molecule has 0 fully saturated rings. The highest BCUT2D eigenvalue weighted by atomic mass is 32.1. The number of aryl methyl sites for hydroxylation is 1. The summed E-state index contributed by atoms with van der Waals surface area (Å²) in [6, 6.07) is 6.07. The lowest BCUT2D eigenvalue weighted by molar-refractivity contribution is 0.289. The third-order valence-electron chi connectivity index (χ3n) is 2.73. The smallest absolute Gasteiger partial charge is 0.106 e. The number of nitrogens with two attached hydrogens (primary N) is 1. The van der Waals surface area contributed by atoms with Crippen LogP contribution in [0.4, 0.5) is 5.69 Å². The van der Waals surface area contributed by atoms with Crippen molar-refractivity contribution in [3.05, 3.63) is 29.3 Å². The highest BCUT2D eigenvalue weighted by Crippen LogP contribution is 2.22. The minimum atomic E-state index is 0.199. The summed E-state index contributed by atoms with van der Waals surface area (Å²) in [7, 11) is 0. The quantitative estimate of drug-likeness (QED) is 0.759. The minimum absolute atomic E-state index is 0.199. The molecule has 17 heavy (non-hydrogen) atoms. The van der Waals surface area contributed by atoms with Gasteiger partial charge in [-0.15, -0.1) is 0 Å². The average molecular weight is 252 g/mol. The molecule has 0 spiro atoms. The van der Waals surface area contributed by atoms with Crippen LogP contribution in [0.5, 0.6) is 0 Å². The summed E-state index contributed by atoms with van der Waals surface area (Å²) in [5.74, 6) is 0. The molecule has 1 rings (SSSR count). The van der Waals surface area contributed by atoms with Gasteiger partial charge in [0, 0.05) is 30.9 Å². The lowest BCUT2D eigenvalue weighted by atomic mass is 10.1. The van der Waals surface area contributed by atoms with Crippen molar-refractivity contribution in [3.63, 3.8) is 0 Å². The van der Waals surface area contributed by atoms with Gasteiger partial charge in [0.05, 0.1) is 0 Å². The van der Waals surface area contributed by atoms with Gasteiger partial charge in [0.1, 0.15) is 4.99 Å². The molecular formula is C13H20N2OS. The first kappa shape index (κ1) is 13.9. The van der Waals surface area contributed by atoms with Gasteiger partial charge < -0.3 is 15.7 Å². The van der Waals surface area contributed by atoms with E-state index in [-0.39, 0.29) is 6.61 Å². The lowest BCUT2D eigenvalue weighted by Crippen LogP contribution is -2.27. The topological polar surface area (TPSA) is 49.5 Å². The van der Waals surface area contributed by atoms with Crippen molar-refractivity contribution in [2.75, 3.05) is 24.6 Å². The molecule has 0 bridgehead atoms. The Balaban J connectivity index is 3.06. The first-order valence-corrected chi connectivity index (χ1v) is 6.27. The van der Waals surface area contributed by atoms with E-state index in [9.17, 15) is 0 Å². The standard InChI is InChI=1S/C13H20N2OS/c1-3-15(7-4-8-16)12-9-10(2)5-6-11(12)13(14)17/h5-6,9,16H,3-4,7-8H2,1-2H3,(H2,14,17). The Morgan fingerprint density at radius 1 is 1.47 bits per heavy atom. The van der Waals surface area contributed by atoms with Crippen LogP contribution >= 0.6 is 12.2 Å². The molecule has 0 atom stereocenters. The summed E-state index contributed by atoms with van der Waals surface area (Å²) in [6.07, 6.45) is 0.749. The number of thiocarbonyl (C=S) groups is 1. The minimum Gasteiger partial charge on any atom is -0.396 e. The van der Waals surface area contributed by atoms with Gasteiger partial charge >= 0.3 is 0 Å². The van der Waals surface area contributed by atoms with Crippen LogP contribution in [0.2, 0.25) is 0 Å². The fraction of sp³-hybridized carbons (Fsp3) is 0.462. The third-order valence-corrected chi connectivity index (χ3v) is 2.95. The maximum absolute atomic E-state index is 8.91. The number of hydrogen-bond donors (Lipinski definition) is 2. The lowest BCUT2D eigenvalue weighted by Gasteiger charge is -2.25. The highest BCUT2D eigenvalue weighted by Gasteiger charge is 2.11. The SMILES string of the molecule is CCN(CCCO)c1cc(C)ccc1C(N)=S. The van der Waals surface area contributed by atoms with E-state index < -0.39 is 0 Å². The molecule has 3 N–H and O–H groups in total. The van der Waals surface area contributed by atoms with Crippen LogP contribution in [0.3, 0.4) is 0 Å². The molecule has 94 valence electrons. The summed E-state index contributed by atoms with van der Waals surface area (Å²) in [4.78, 5) is 2.61. The van der Waals surface area contributed by atoms with Crippen LogP contribution in [0, 0.1) is 6.92 Å². The second-order valence-electron chi connectivity index (χ2n) is 4.04. The second-order valence-corrected chi connectivity index (χ2v) is 4.48. The largest absolute Gasteiger partial charge is 0.396 e. The molecule has 0 radical (unpaired) electrons. The Kier molecular flexibility index (Phi) is 5.38. The number of aliphatic hydroxyl groups is 1. The van der Waals surface area contributed by atoms with Gasteiger partial charge in [0.15, 0.2) is 0 Å². The molecule has 3 nitrogen and oxygen atoms in total. The summed E-state index contributed by atoms with van der Waals surface area (Å²) >= 11 is 5.07. The summed E-state index contributed by atoms with van der Waals surface area (Å²) in [6.45, 7) is 6.02. The molecule has 0 heterocycles. The van der Waals surface area contributed by atoms with Crippen LogP contribution in [-0.4, -0.2) is 29.8 Å². The van der Waals surface area contributed by atoms with Gasteiger partial charge in [0.2, 0.25) is 0 Å². The number of benzene rings is 1. The summed E-state index contributed by atoms with van der Waals surface area (Å²) < 4.78 is 0. The molecule has 0 saturated heterocycles. The molecule has 1 aromatic carbocycles. The van der Waals surface area contributed by atoms with E-state index in [1.807, 2.05) is 19.1 Å². The average Bonchev–Trinajstić information content (AvgIpc) is 2.29. The third kappa shape index (κ3) is 3.68. The molecule has 0 saturated carbocycles. The van der Waals surface area contributed by atoms with E-state index in [1.165, 1.54) is 5.56 Å². The summed E-state index contributed by atoms with van der Waals surface area (Å²) in [5, 5.41) is 8.91. The zero-order chi connectivity index (χ0) is 12.8. The molecule has 0 aliphatic rings. The van der Waals surface area contributed by atoms with Crippen LogP contribution < -0.4 is 10.6 Å². The van der Waals surface area contributed by atoms with E-state index in [2.05, 4.69) is 17.9 Å². The van der Waals surface area contributed by atoms with Crippen molar-refractivity contribution >= 4 is 22.9 Å². The molecule has 4 heteroatoms. The number of nitrogens with zero attached hydrogens (tertiary/aromatic N) is 1. The van der Waals surface area contributed by atoms with Gasteiger partial charge in [-0.1, -0.05) is 18.3 Å². The van der Waals surface area contributed by atoms with E-state index in [4.69, 9.17) is 23.1 Å². The van der Waals surface area contributed by atoms with Crippen molar-refractivity contribution in [2.24, 2.45) is 5.73 Å². The van der Waals surface area contributed by atoms with Crippen molar-refractivity contribution < 1.29 is 5.11 Å². The molecule has 0 unspecified atom stereocenters. The fourth-order valence-corrected chi connectivity index (χ4v) is 1.99. The van der Waals surface area contributed by atoms with E-state index in [1.54, 1.807) is 0 Å². The Morgan fingerprint density at radius 2 is 2.18 bits per heavy atom. The predicted molar refractivity (Wildman–Crippen MR) is 76.7 cm³/mol. The van der Waals surface area contributed by atoms with Crippen LogP contribution in [0.15, 0.2) is 18.2 Å². The fourth-order valence-electron chi connectivity index (χ4n) is 1.82. The zero-order valence-electron chi connectivity index (χ0n) is 10.4. The van der Waals surface area contributed by atoms with Gasteiger partial charge in [-0.25, -0.2) is 0 Å². The van der Waals surface area contributed by atoms with Crippen molar-refractivity contribution in [1.82, 2.24) is 0 Å². The van der Waals surface area contributed by atoms with E-state index in [0.717, 1.165) is 30.8 Å². The highest BCUT2D eigenvalue weighted by molar-refractivity contribution is 7.80. The van der Waals surface area contributed by atoms with Gasteiger partial charge in [-0.3, -0.25) is 0 Å². The van der Waals surface area contributed by atoms with Gasteiger partial charge in [-0.05, 0) is 38.0 Å². The zero-order valence-corrected chi connectivity index (χ0v) is 11.3. The number of rotatable bonds is 6. The normalized spacial score (nSPS) is 10.3. The van der Waals surface area contributed by atoms with E-state index in [0.29, 0.717) is 4.99 Å². The second kappa shape index (κ2) is 6.57. The first-order valence-electron chi connectivity index (χ1n) is 5.86. The Hall–Kier alpha value is -1.13. The van der Waals surface area contributed by atoms with Gasteiger partial charge in [-0.2, -0.15) is 0 Å². The van der Waals surface area contributed by atoms with Crippen molar-refractivity contribution in [1.29, 1.82) is 0 Å². The molecular weight excluding hydrogens is 232 g/mol. The molecule has 0 aliphatic heterocycles. The first-order chi connectivity index (χ1) is 8.10. The summed E-state index contributed by atoms with van der Waals surface area (Å²) in [5.41, 5.74) is 8.90. The van der Waals surface area contributed by atoms with Gasteiger partial charge in [0.25, 0.3) is 0 Å². The maximum atomic E-state index is 8.91. The number of aliphatic hydroxyl groups excluding tert-OH is 1. The van der Waals surface area contributed by atoms with Crippen molar-refractivity contribution in [3.8, 4) is 0 Å². The number of hydrogen-bond acceptors (Lipinski definition) is 3. The Morgan fingerprint density at radius 3 is 2.71 bits per heavy atom. The Labute approximate surface area is 108 Å². The number of anilines is 1. The van der Waals surface area contributed by atoms with Crippen molar-refractivity contribution in [2.45, 2.75) is 20.3 Å². The van der Waals surface area contributed by atoms with Crippen LogP contribution in [0.25, 0.3) is 0 Å². The van der Waals surface area contributed by atoms with Crippen LogP contribution in [0.1, 0.15) is 24.5 Å². The molecule has 0 aliphatic carbocycles.